The van der Waals surface area contributed by atoms with Gasteiger partial charge in [-0.2, -0.15) is 0 Å². The number of carboxylic acid groups (broad SMARTS) is 1. The molecule has 2 aromatic carbocycles. The average Bonchev–Trinajstić information content (AvgIpc) is 2.63. The number of hydrogen-bond donors (Lipinski definition) is 1. The van der Waals surface area contributed by atoms with Gasteiger partial charge in [0.15, 0.2) is 9.84 Å². The molecular weight excluding hydrogens is 370 g/mol. The Hall–Kier alpha value is -2.87. The summed E-state index contributed by atoms with van der Waals surface area (Å²) in [6, 6.07) is 14.6. The van der Waals surface area contributed by atoms with E-state index in [1.54, 1.807) is 42.5 Å². The van der Waals surface area contributed by atoms with Gasteiger partial charge in [-0.3, -0.25) is 9.59 Å². The molecular formula is C19H21NO6S. The van der Waals surface area contributed by atoms with Crippen LogP contribution in [0.25, 0.3) is 0 Å². The number of nitrogens with zero attached hydrogens (tertiary/aromatic N) is 1. The lowest BCUT2D eigenvalue weighted by molar-refractivity contribution is -0.136. The van der Waals surface area contributed by atoms with Crippen LogP contribution in [-0.4, -0.2) is 44.8 Å². The molecule has 0 saturated carbocycles. The lowest BCUT2D eigenvalue weighted by atomic mass is 10.2. The third-order valence-electron chi connectivity index (χ3n) is 3.72. The molecule has 2 aromatic rings. The summed E-state index contributed by atoms with van der Waals surface area (Å²) >= 11 is 0. The lowest BCUT2D eigenvalue weighted by Crippen LogP contribution is -2.35. The highest BCUT2D eigenvalue weighted by Crippen LogP contribution is 2.17. The summed E-state index contributed by atoms with van der Waals surface area (Å²) in [6.07, 6.45) is 1.66. The summed E-state index contributed by atoms with van der Waals surface area (Å²) in [5.41, 5.74) is 0.530. The van der Waals surface area contributed by atoms with E-state index >= 15 is 0 Å². The van der Waals surface area contributed by atoms with Crippen LogP contribution in [0.3, 0.4) is 0 Å². The molecule has 0 aliphatic carbocycles. The van der Waals surface area contributed by atoms with Crippen LogP contribution in [0.15, 0.2) is 59.5 Å². The summed E-state index contributed by atoms with van der Waals surface area (Å²) in [6.45, 7) is -0.156. The van der Waals surface area contributed by atoms with Crippen molar-refractivity contribution in [2.75, 3.05) is 24.3 Å². The van der Waals surface area contributed by atoms with E-state index in [-0.39, 0.29) is 23.8 Å². The molecule has 7 nitrogen and oxygen atoms in total. The Morgan fingerprint density at radius 3 is 2.22 bits per heavy atom. The predicted molar refractivity (Wildman–Crippen MR) is 101 cm³/mol. The van der Waals surface area contributed by atoms with Gasteiger partial charge in [0.05, 0.1) is 11.5 Å². The Labute approximate surface area is 158 Å². The van der Waals surface area contributed by atoms with Crippen molar-refractivity contribution in [3.8, 4) is 5.75 Å². The number of hydrogen-bond acceptors (Lipinski definition) is 5. The first kappa shape index (κ1) is 20.4. The van der Waals surface area contributed by atoms with Gasteiger partial charge in [-0.15, -0.1) is 0 Å². The van der Waals surface area contributed by atoms with E-state index in [2.05, 4.69) is 0 Å². The molecule has 0 saturated heterocycles. The molecule has 0 aliphatic heterocycles. The number of ether oxygens (including phenoxy) is 1. The Bertz CT molecular complexity index is 878. The average molecular weight is 391 g/mol. The molecule has 1 N–H and O–H groups in total. The van der Waals surface area contributed by atoms with Gasteiger partial charge in [0.2, 0.25) is 5.91 Å². The summed E-state index contributed by atoms with van der Waals surface area (Å²) in [5, 5.41) is 9.03. The Morgan fingerprint density at radius 2 is 1.67 bits per heavy atom. The number of amides is 1. The first-order valence-electron chi connectivity index (χ1n) is 8.27. The molecule has 0 aliphatic rings. The van der Waals surface area contributed by atoms with Crippen molar-refractivity contribution in [2.24, 2.45) is 0 Å². The molecule has 0 heterocycles. The van der Waals surface area contributed by atoms with Gasteiger partial charge in [0, 0.05) is 18.4 Å². The SMILES string of the molecule is CS(=O)(=O)c1ccc(OCCCC(=O)N(CC(=O)O)c2ccccc2)cc1. The highest BCUT2D eigenvalue weighted by Gasteiger charge is 2.18. The molecule has 0 bridgehead atoms. The van der Waals surface area contributed by atoms with Gasteiger partial charge in [0.25, 0.3) is 0 Å². The van der Waals surface area contributed by atoms with Crippen LogP contribution >= 0.6 is 0 Å². The fraction of sp³-hybridized carbons (Fsp3) is 0.263. The minimum Gasteiger partial charge on any atom is -0.494 e. The molecule has 0 spiro atoms. The molecule has 0 fully saturated rings. The zero-order valence-corrected chi connectivity index (χ0v) is 15.7. The molecule has 8 heteroatoms. The Morgan fingerprint density at radius 1 is 1.04 bits per heavy atom. The minimum absolute atomic E-state index is 0.129. The number of carbonyl (C=O) groups excluding carboxylic acids is 1. The molecule has 1 amide bonds. The van der Waals surface area contributed by atoms with Gasteiger partial charge in [-0.05, 0) is 42.8 Å². The maximum absolute atomic E-state index is 12.4. The van der Waals surface area contributed by atoms with Crippen molar-refractivity contribution in [3.05, 3.63) is 54.6 Å². The second-order valence-electron chi connectivity index (χ2n) is 5.90. The number of carboxylic acids is 1. The van der Waals surface area contributed by atoms with Crippen molar-refractivity contribution in [2.45, 2.75) is 17.7 Å². The molecule has 0 unspecified atom stereocenters. The van der Waals surface area contributed by atoms with Crippen LogP contribution in [0.2, 0.25) is 0 Å². The summed E-state index contributed by atoms with van der Waals surface area (Å²) in [5.74, 6) is -0.894. The first-order chi connectivity index (χ1) is 12.8. The van der Waals surface area contributed by atoms with Crippen LogP contribution in [0, 0.1) is 0 Å². The molecule has 0 atom stereocenters. The van der Waals surface area contributed by atoms with Crippen molar-refractivity contribution in [3.63, 3.8) is 0 Å². The zero-order valence-electron chi connectivity index (χ0n) is 14.9. The van der Waals surface area contributed by atoms with Gasteiger partial charge in [0.1, 0.15) is 12.3 Å². The van der Waals surface area contributed by atoms with E-state index in [0.29, 0.717) is 17.9 Å². The normalized spacial score (nSPS) is 11.0. The van der Waals surface area contributed by atoms with E-state index in [1.165, 1.54) is 17.0 Å². The topological polar surface area (TPSA) is 101 Å². The quantitative estimate of drug-likeness (QED) is 0.659. The standard InChI is InChI=1S/C19H21NO6S/c1-27(24,25)17-11-9-16(10-12-17)26-13-5-8-18(21)20(14-19(22)23)15-6-3-2-4-7-15/h2-4,6-7,9-12H,5,8,13-14H2,1H3,(H,22,23). The first-order valence-corrected chi connectivity index (χ1v) is 10.2. The van der Waals surface area contributed by atoms with Crippen molar-refractivity contribution in [1.29, 1.82) is 0 Å². The Balaban J connectivity index is 1.87. The van der Waals surface area contributed by atoms with Crippen LogP contribution in [0.5, 0.6) is 5.75 Å². The van der Waals surface area contributed by atoms with Crippen LogP contribution in [0.4, 0.5) is 5.69 Å². The molecule has 0 radical (unpaired) electrons. The highest BCUT2D eigenvalue weighted by atomic mass is 32.2. The number of sulfone groups is 1. The lowest BCUT2D eigenvalue weighted by Gasteiger charge is -2.20. The van der Waals surface area contributed by atoms with E-state index in [0.717, 1.165) is 6.26 Å². The van der Waals surface area contributed by atoms with E-state index in [1.807, 2.05) is 0 Å². The predicted octanol–water partition coefficient (Wildman–Crippen LogP) is 2.37. The second kappa shape index (κ2) is 9.18. The maximum atomic E-state index is 12.4. The number of aliphatic carboxylic acids is 1. The van der Waals surface area contributed by atoms with Gasteiger partial charge < -0.3 is 14.7 Å². The fourth-order valence-corrected chi connectivity index (χ4v) is 3.03. The number of anilines is 1. The van der Waals surface area contributed by atoms with Crippen molar-refractivity contribution in [1.82, 2.24) is 0 Å². The van der Waals surface area contributed by atoms with Crippen LogP contribution in [0.1, 0.15) is 12.8 Å². The molecule has 0 aromatic heterocycles. The van der Waals surface area contributed by atoms with E-state index in [4.69, 9.17) is 9.84 Å². The van der Waals surface area contributed by atoms with Gasteiger partial charge >= 0.3 is 5.97 Å². The van der Waals surface area contributed by atoms with Crippen LogP contribution < -0.4 is 9.64 Å². The maximum Gasteiger partial charge on any atom is 0.323 e. The largest absolute Gasteiger partial charge is 0.494 e. The highest BCUT2D eigenvalue weighted by molar-refractivity contribution is 7.90. The van der Waals surface area contributed by atoms with Gasteiger partial charge in [-0.1, -0.05) is 18.2 Å². The summed E-state index contributed by atoms with van der Waals surface area (Å²) in [7, 11) is -3.26. The summed E-state index contributed by atoms with van der Waals surface area (Å²) < 4.78 is 28.3. The Kier molecular flexibility index (Phi) is 6.95. The third kappa shape index (κ3) is 6.41. The number of carbonyl (C=O) groups is 2. The minimum atomic E-state index is -3.26. The summed E-state index contributed by atoms with van der Waals surface area (Å²) in [4.78, 5) is 24.9. The van der Waals surface area contributed by atoms with Crippen molar-refractivity contribution < 1.29 is 27.9 Å². The van der Waals surface area contributed by atoms with E-state index in [9.17, 15) is 18.0 Å². The second-order valence-corrected chi connectivity index (χ2v) is 7.92. The third-order valence-corrected chi connectivity index (χ3v) is 4.85. The van der Waals surface area contributed by atoms with Crippen LogP contribution in [-0.2, 0) is 19.4 Å². The molecule has 2 rings (SSSR count). The number of rotatable bonds is 9. The fourth-order valence-electron chi connectivity index (χ4n) is 2.40. The molecule has 144 valence electrons. The smallest absolute Gasteiger partial charge is 0.323 e. The number of benzene rings is 2. The number of para-hydroxylation sites is 1. The zero-order chi connectivity index (χ0) is 19.9. The molecule has 27 heavy (non-hydrogen) atoms. The van der Waals surface area contributed by atoms with Gasteiger partial charge in [-0.25, -0.2) is 8.42 Å². The van der Waals surface area contributed by atoms with Crippen molar-refractivity contribution >= 4 is 27.4 Å². The monoisotopic (exact) mass is 391 g/mol. The van der Waals surface area contributed by atoms with E-state index < -0.39 is 22.4 Å².